The Kier molecular flexibility index (Phi) is 3.71. The van der Waals surface area contributed by atoms with E-state index in [9.17, 15) is 0 Å². The molecule has 4 rings (SSSR count). The second-order valence-corrected chi connectivity index (χ2v) is 7.00. The second kappa shape index (κ2) is 5.89. The van der Waals surface area contributed by atoms with Gasteiger partial charge in [0.15, 0.2) is 11.5 Å². The quantitative estimate of drug-likeness (QED) is 0.779. The zero-order chi connectivity index (χ0) is 16.7. The van der Waals surface area contributed by atoms with Gasteiger partial charge >= 0.3 is 0 Å². The van der Waals surface area contributed by atoms with Gasteiger partial charge in [-0.15, -0.1) is 15.3 Å². The van der Waals surface area contributed by atoms with Gasteiger partial charge in [0.1, 0.15) is 5.82 Å². The summed E-state index contributed by atoms with van der Waals surface area (Å²) in [7, 11) is 0. The van der Waals surface area contributed by atoms with Gasteiger partial charge < -0.3 is 5.32 Å². The molecule has 124 valence electrons. The summed E-state index contributed by atoms with van der Waals surface area (Å²) in [6.45, 7) is 6.51. The van der Waals surface area contributed by atoms with Crippen LogP contribution < -0.4 is 5.32 Å². The van der Waals surface area contributed by atoms with Gasteiger partial charge in [0.25, 0.3) is 0 Å². The lowest BCUT2D eigenvalue weighted by Crippen LogP contribution is -2.20. The highest BCUT2D eigenvalue weighted by atomic mass is 15.4. The van der Waals surface area contributed by atoms with Crippen LogP contribution in [0.1, 0.15) is 48.2 Å². The summed E-state index contributed by atoms with van der Waals surface area (Å²) in [6, 6.07) is 10.9. The highest BCUT2D eigenvalue weighted by molar-refractivity contribution is 5.45. The third-order valence-electron chi connectivity index (χ3n) is 4.65. The smallest absolute Gasteiger partial charge is 0.178 e. The van der Waals surface area contributed by atoms with Crippen LogP contribution in [0.4, 0.5) is 5.82 Å². The maximum Gasteiger partial charge on any atom is 0.178 e. The first-order chi connectivity index (χ1) is 11.6. The largest absolute Gasteiger partial charge is 0.366 e. The first-order valence-electron chi connectivity index (χ1n) is 8.65. The lowest BCUT2D eigenvalue weighted by atomic mass is 10.00. The molecule has 0 amide bonds. The van der Waals surface area contributed by atoms with E-state index in [-0.39, 0.29) is 0 Å². The Hall–Kier alpha value is -2.43. The van der Waals surface area contributed by atoms with Crippen molar-refractivity contribution in [3.05, 3.63) is 52.8 Å². The first kappa shape index (κ1) is 15.1. The fourth-order valence-electron chi connectivity index (χ4n) is 3.19. The highest BCUT2D eigenvalue weighted by Gasteiger charge is 2.29. The summed E-state index contributed by atoms with van der Waals surface area (Å²) in [4.78, 5) is 0. The average Bonchev–Trinajstić information content (AvgIpc) is 3.30. The molecule has 2 aromatic heterocycles. The van der Waals surface area contributed by atoms with Crippen LogP contribution in [0, 0.1) is 13.8 Å². The molecule has 0 spiro atoms. The minimum Gasteiger partial charge on any atom is -0.366 e. The summed E-state index contributed by atoms with van der Waals surface area (Å²) >= 11 is 0. The van der Waals surface area contributed by atoms with E-state index in [2.05, 4.69) is 54.5 Å². The molecule has 5 nitrogen and oxygen atoms in total. The molecule has 1 unspecified atom stereocenters. The van der Waals surface area contributed by atoms with Crippen LogP contribution in [0.2, 0.25) is 0 Å². The SMILES string of the molecule is Cc1ccc(CC(C)Nc2ccc3nnc(C4CC4)n3n2)c(C)c1. The zero-order valence-corrected chi connectivity index (χ0v) is 14.5. The normalized spacial score (nSPS) is 15.6. The van der Waals surface area contributed by atoms with Crippen LogP contribution >= 0.6 is 0 Å². The van der Waals surface area contributed by atoms with E-state index in [1.54, 1.807) is 0 Å². The number of rotatable bonds is 5. The van der Waals surface area contributed by atoms with Gasteiger partial charge in [0.05, 0.1) is 0 Å². The molecule has 1 atom stereocenters. The molecule has 0 saturated heterocycles. The van der Waals surface area contributed by atoms with Crippen LogP contribution in [0.15, 0.2) is 30.3 Å². The molecule has 1 saturated carbocycles. The van der Waals surface area contributed by atoms with E-state index in [4.69, 9.17) is 5.10 Å². The molecule has 5 heteroatoms. The van der Waals surface area contributed by atoms with Gasteiger partial charge in [-0.3, -0.25) is 0 Å². The van der Waals surface area contributed by atoms with Crippen molar-refractivity contribution in [1.82, 2.24) is 19.8 Å². The van der Waals surface area contributed by atoms with E-state index in [1.165, 1.54) is 29.5 Å². The molecule has 2 heterocycles. The lowest BCUT2D eigenvalue weighted by Gasteiger charge is -2.16. The maximum absolute atomic E-state index is 4.70. The van der Waals surface area contributed by atoms with E-state index in [1.807, 2.05) is 16.6 Å². The number of nitrogens with one attached hydrogen (secondary N) is 1. The topological polar surface area (TPSA) is 55.1 Å². The lowest BCUT2D eigenvalue weighted by molar-refractivity contribution is 0.760. The molecule has 1 aliphatic carbocycles. The molecule has 0 aliphatic heterocycles. The van der Waals surface area contributed by atoms with Gasteiger partial charge in [-0.05, 0) is 63.3 Å². The molecular formula is C19H23N5. The number of aromatic nitrogens is 4. The van der Waals surface area contributed by atoms with Crippen molar-refractivity contribution in [3.8, 4) is 0 Å². The van der Waals surface area contributed by atoms with Gasteiger partial charge in [-0.1, -0.05) is 23.8 Å². The van der Waals surface area contributed by atoms with Crippen molar-refractivity contribution in [3.63, 3.8) is 0 Å². The predicted octanol–water partition coefficient (Wildman–Crippen LogP) is 3.66. The van der Waals surface area contributed by atoms with E-state index >= 15 is 0 Å². The zero-order valence-electron chi connectivity index (χ0n) is 14.5. The Labute approximate surface area is 142 Å². The number of hydrogen-bond acceptors (Lipinski definition) is 4. The number of fused-ring (bicyclic) bond motifs is 1. The monoisotopic (exact) mass is 321 g/mol. The number of nitrogens with zero attached hydrogens (tertiary/aromatic N) is 4. The first-order valence-corrected chi connectivity index (χ1v) is 8.65. The van der Waals surface area contributed by atoms with Crippen LogP contribution in [0.3, 0.4) is 0 Å². The standard InChI is InChI=1S/C19H23N5/c1-12-4-5-16(13(2)10-12)11-14(3)20-17-8-9-18-21-22-19(15-6-7-15)24(18)23-17/h4-5,8-10,14-15H,6-7,11H2,1-3H3,(H,20,23). The van der Waals surface area contributed by atoms with E-state index < -0.39 is 0 Å². The summed E-state index contributed by atoms with van der Waals surface area (Å²) in [5, 5.41) is 16.7. The summed E-state index contributed by atoms with van der Waals surface area (Å²) in [5.41, 5.74) is 4.86. The van der Waals surface area contributed by atoms with Crippen LogP contribution in [0.5, 0.6) is 0 Å². The Morgan fingerprint density at radius 3 is 2.75 bits per heavy atom. The number of anilines is 1. The number of aryl methyl sites for hydroxylation is 2. The molecule has 24 heavy (non-hydrogen) atoms. The minimum atomic E-state index is 0.303. The molecule has 1 aliphatic rings. The van der Waals surface area contributed by atoms with Crippen molar-refractivity contribution < 1.29 is 0 Å². The molecule has 1 N–H and O–H groups in total. The van der Waals surface area contributed by atoms with Crippen molar-refractivity contribution in [2.24, 2.45) is 0 Å². The third-order valence-corrected chi connectivity index (χ3v) is 4.65. The Bertz CT molecular complexity index is 879. The van der Waals surface area contributed by atoms with E-state index in [0.717, 1.165) is 23.7 Å². The molecule has 1 fully saturated rings. The Morgan fingerprint density at radius 1 is 1.17 bits per heavy atom. The Morgan fingerprint density at radius 2 is 2.00 bits per heavy atom. The van der Waals surface area contributed by atoms with Crippen molar-refractivity contribution in [2.75, 3.05) is 5.32 Å². The summed E-state index contributed by atoms with van der Waals surface area (Å²) in [6.07, 6.45) is 3.37. The Balaban J connectivity index is 1.51. The van der Waals surface area contributed by atoms with Gasteiger partial charge in [0.2, 0.25) is 0 Å². The fourth-order valence-corrected chi connectivity index (χ4v) is 3.19. The minimum absolute atomic E-state index is 0.303. The summed E-state index contributed by atoms with van der Waals surface area (Å²) in [5.74, 6) is 2.41. The van der Waals surface area contributed by atoms with Crippen LogP contribution in [-0.2, 0) is 6.42 Å². The fraction of sp³-hybridized carbons (Fsp3) is 0.421. The highest BCUT2D eigenvalue weighted by Crippen LogP contribution is 2.38. The van der Waals surface area contributed by atoms with Crippen molar-refractivity contribution >= 4 is 11.5 Å². The van der Waals surface area contributed by atoms with E-state index in [0.29, 0.717) is 12.0 Å². The summed E-state index contributed by atoms with van der Waals surface area (Å²) < 4.78 is 1.89. The number of hydrogen-bond donors (Lipinski definition) is 1. The molecule has 0 bridgehead atoms. The van der Waals surface area contributed by atoms with Crippen LogP contribution in [-0.4, -0.2) is 25.9 Å². The molecule has 0 radical (unpaired) electrons. The second-order valence-electron chi connectivity index (χ2n) is 7.00. The van der Waals surface area contributed by atoms with Crippen LogP contribution in [0.25, 0.3) is 5.65 Å². The molecule has 1 aromatic carbocycles. The van der Waals surface area contributed by atoms with Gasteiger partial charge in [-0.2, -0.15) is 4.52 Å². The molecular weight excluding hydrogens is 298 g/mol. The van der Waals surface area contributed by atoms with Gasteiger partial charge in [-0.25, -0.2) is 0 Å². The number of benzene rings is 1. The predicted molar refractivity (Wildman–Crippen MR) is 95.5 cm³/mol. The van der Waals surface area contributed by atoms with Crippen molar-refractivity contribution in [2.45, 2.75) is 52.0 Å². The third kappa shape index (κ3) is 2.98. The van der Waals surface area contributed by atoms with Gasteiger partial charge in [0, 0.05) is 12.0 Å². The average molecular weight is 321 g/mol. The van der Waals surface area contributed by atoms with Crippen molar-refractivity contribution in [1.29, 1.82) is 0 Å². The molecule has 3 aromatic rings. The maximum atomic E-state index is 4.70.